The van der Waals surface area contributed by atoms with Crippen LogP contribution in [0, 0.1) is 6.92 Å². The predicted molar refractivity (Wildman–Crippen MR) is 119 cm³/mol. The van der Waals surface area contributed by atoms with Crippen LogP contribution < -0.4 is 21.7 Å². The van der Waals surface area contributed by atoms with E-state index in [4.69, 9.17) is 10.2 Å². The number of nitrogens with one attached hydrogen (secondary N) is 3. The van der Waals surface area contributed by atoms with Crippen LogP contribution >= 0.6 is 0 Å². The molecule has 1 aromatic heterocycles. The summed E-state index contributed by atoms with van der Waals surface area (Å²) in [4.78, 5) is 31.4. The topological polar surface area (TPSA) is 146 Å². The highest BCUT2D eigenvalue weighted by Gasteiger charge is 2.44. The number of aliphatic hydroxyl groups is 1. The predicted octanol–water partition coefficient (Wildman–Crippen LogP) is -0.290. The monoisotopic (exact) mass is 444 g/mol. The molecule has 1 aliphatic rings. The molecule has 3 atom stereocenters. The smallest absolute Gasteiger partial charge is 0.243 e. The van der Waals surface area contributed by atoms with E-state index in [1.807, 2.05) is 31.2 Å². The first-order chi connectivity index (χ1) is 15.2. The van der Waals surface area contributed by atoms with E-state index in [0.717, 1.165) is 16.8 Å². The van der Waals surface area contributed by atoms with E-state index in [0.29, 0.717) is 12.3 Å². The standard InChI is InChI=1S/C22H32N6O4/c1-13-18(32-12-27-13)15-7-5-14(6-8-15)10-26-20(30)17-9-16(29)11-28(17)21(31)19(23)22(2,24-3)25-4/h5-8,12,16-17,19,24-25,29H,9-11,23H2,1-4H3,(H,26,30)/t16-,17+,19-/m1/s1. The summed E-state index contributed by atoms with van der Waals surface area (Å²) in [6, 6.07) is 5.87. The van der Waals surface area contributed by atoms with Gasteiger partial charge in [0, 0.05) is 25.1 Å². The first kappa shape index (κ1) is 23.9. The Kier molecular flexibility index (Phi) is 7.29. The lowest BCUT2D eigenvalue weighted by Crippen LogP contribution is -2.68. The van der Waals surface area contributed by atoms with Gasteiger partial charge in [-0.05, 0) is 33.5 Å². The molecule has 0 unspecified atom stereocenters. The van der Waals surface area contributed by atoms with Gasteiger partial charge in [-0.15, -0.1) is 0 Å². The van der Waals surface area contributed by atoms with Crippen molar-refractivity contribution < 1.29 is 19.1 Å². The molecule has 0 bridgehead atoms. The Morgan fingerprint density at radius 1 is 1.31 bits per heavy atom. The van der Waals surface area contributed by atoms with Crippen molar-refractivity contribution in [2.45, 2.75) is 50.7 Å². The molecule has 0 spiro atoms. The minimum absolute atomic E-state index is 0.0688. The number of aromatic nitrogens is 1. The number of oxazole rings is 1. The maximum Gasteiger partial charge on any atom is 0.243 e. The molecule has 0 saturated carbocycles. The third-order valence-corrected chi connectivity index (χ3v) is 6.22. The zero-order chi connectivity index (χ0) is 23.5. The molecular weight excluding hydrogens is 412 g/mol. The molecule has 10 nitrogen and oxygen atoms in total. The van der Waals surface area contributed by atoms with E-state index in [-0.39, 0.29) is 18.9 Å². The van der Waals surface area contributed by atoms with Crippen molar-refractivity contribution in [3.8, 4) is 11.3 Å². The number of hydrogen-bond donors (Lipinski definition) is 5. The molecule has 1 saturated heterocycles. The van der Waals surface area contributed by atoms with Crippen molar-refractivity contribution in [1.82, 2.24) is 25.8 Å². The van der Waals surface area contributed by atoms with Gasteiger partial charge in [0.05, 0.1) is 17.5 Å². The molecule has 2 aromatic rings. The summed E-state index contributed by atoms with van der Waals surface area (Å²) < 4.78 is 5.40. The summed E-state index contributed by atoms with van der Waals surface area (Å²) in [5.74, 6) is -0.0197. The number of amides is 2. The first-order valence-corrected chi connectivity index (χ1v) is 10.6. The second-order valence-corrected chi connectivity index (χ2v) is 8.26. The van der Waals surface area contributed by atoms with E-state index in [9.17, 15) is 14.7 Å². The van der Waals surface area contributed by atoms with Gasteiger partial charge in [0.15, 0.2) is 12.2 Å². The quantitative estimate of drug-likeness (QED) is 0.349. The normalized spacial score (nSPS) is 19.8. The minimum atomic E-state index is -0.940. The molecule has 1 fully saturated rings. The number of nitrogens with two attached hydrogens (primary N) is 1. The van der Waals surface area contributed by atoms with Crippen LogP contribution in [0.3, 0.4) is 0 Å². The average molecular weight is 445 g/mol. The lowest BCUT2D eigenvalue weighted by atomic mass is 10.0. The van der Waals surface area contributed by atoms with Crippen molar-refractivity contribution in [3.63, 3.8) is 0 Å². The van der Waals surface area contributed by atoms with Crippen molar-refractivity contribution in [2.75, 3.05) is 20.6 Å². The van der Waals surface area contributed by atoms with Crippen LogP contribution in [0.1, 0.15) is 24.6 Å². The Balaban J connectivity index is 1.64. The summed E-state index contributed by atoms with van der Waals surface area (Å²) in [5.41, 5.74) is 7.94. The van der Waals surface area contributed by atoms with E-state index in [1.54, 1.807) is 21.0 Å². The summed E-state index contributed by atoms with van der Waals surface area (Å²) in [6.07, 6.45) is 0.801. The zero-order valence-corrected chi connectivity index (χ0v) is 18.9. The Hall–Kier alpha value is -2.79. The Morgan fingerprint density at radius 3 is 2.53 bits per heavy atom. The van der Waals surface area contributed by atoms with Crippen molar-refractivity contribution in [3.05, 3.63) is 41.9 Å². The van der Waals surface area contributed by atoms with Gasteiger partial charge in [0.1, 0.15) is 12.1 Å². The summed E-state index contributed by atoms with van der Waals surface area (Å²) in [6.45, 7) is 4.00. The average Bonchev–Trinajstić information content (AvgIpc) is 3.41. The van der Waals surface area contributed by atoms with Gasteiger partial charge in [-0.2, -0.15) is 0 Å². The van der Waals surface area contributed by atoms with Gasteiger partial charge < -0.3 is 36.1 Å². The molecule has 0 aliphatic carbocycles. The number of carbonyl (C=O) groups is 2. The second kappa shape index (κ2) is 9.78. The van der Waals surface area contributed by atoms with E-state index >= 15 is 0 Å². The van der Waals surface area contributed by atoms with Crippen LogP contribution in [0.4, 0.5) is 0 Å². The summed E-state index contributed by atoms with van der Waals surface area (Å²) in [5, 5.41) is 19.0. The van der Waals surface area contributed by atoms with Crippen molar-refractivity contribution in [1.29, 1.82) is 0 Å². The number of likely N-dealkylation sites (N-methyl/N-ethyl adjacent to an activating group) is 2. The van der Waals surface area contributed by atoms with Gasteiger partial charge in [0.25, 0.3) is 0 Å². The van der Waals surface area contributed by atoms with Crippen LogP contribution in [-0.2, 0) is 16.1 Å². The molecule has 1 aromatic carbocycles. The molecule has 174 valence electrons. The molecule has 2 amide bonds. The SMILES string of the molecule is CNC(C)(NC)[C@H](N)C(=O)N1C[C@H](O)C[C@H]1C(=O)NCc1ccc(-c2ocnc2C)cc1. The number of hydrogen-bond acceptors (Lipinski definition) is 8. The number of carbonyl (C=O) groups excluding carboxylic acids is 2. The number of aryl methyl sites for hydroxylation is 1. The maximum atomic E-state index is 13.0. The van der Waals surface area contributed by atoms with Gasteiger partial charge in [0.2, 0.25) is 11.8 Å². The molecule has 3 rings (SSSR count). The van der Waals surface area contributed by atoms with Crippen LogP contribution in [0.2, 0.25) is 0 Å². The molecule has 1 aliphatic heterocycles. The first-order valence-electron chi connectivity index (χ1n) is 10.6. The summed E-state index contributed by atoms with van der Waals surface area (Å²) in [7, 11) is 3.39. The van der Waals surface area contributed by atoms with E-state index in [2.05, 4.69) is 20.9 Å². The lowest BCUT2D eigenvalue weighted by molar-refractivity contribution is -0.141. The van der Waals surface area contributed by atoms with Gasteiger partial charge >= 0.3 is 0 Å². The number of likely N-dealkylation sites (tertiary alicyclic amines) is 1. The number of nitrogens with zero attached hydrogens (tertiary/aromatic N) is 2. The zero-order valence-electron chi connectivity index (χ0n) is 18.9. The third-order valence-electron chi connectivity index (χ3n) is 6.22. The highest BCUT2D eigenvalue weighted by atomic mass is 16.3. The highest BCUT2D eigenvalue weighted by Crippen LogP contribution is 2.23. The van der Waals surface area contributed by atoms with Crippen LogP contribution in [0.15, 0.2) is 35.1 Å². The van der Waals surface area contributed by atoms with Crippen LogP contribution in [0.25, 0.3) is 11.3 Å². The minimum Gasteiger partial charge on any atom is -0.443 e. The molecule has 6 N–H and O–H groups in total. The number of rotatable bonds is 8. The van der Waals surface area contributed by atoms with Gasteiger partial charge in [-0.25, -0.2) is 4.98 Å². The molecule has 2 heterocycles. The highest BCUT2D eigenvalue weighted by molar-refractivity contribution is 5.91. The fraction of sp³-hybridized carbons (Fsp3) is 0.500. The van der Waals surface area contributed by atoms with Crippen molar-refractivity contribution in [2.24, 2.45) is 5.73 Å². The molecule has 10 heteroatoms. The Labute approximate surface area is 187 Å². The van der Waals surface area contributed by atoms with Crippen LogP contribution in [0.5, 0.6) is 0 Å². The van der Waals surface area contributed by atoms with Crippen molar-refractivity contribution >= 4 is 11.8 Å². The van der Waals surface area contributed by atoms with Crippen LogP contribution in [-0.4, -0.2) is 71.3 Å². The van der Waals surface area contributed by atoms with Gasteiger partial charge in [-0.1, -0.05) is 24.3 Å². The third kappa shape index (κ3) is 4.83. The largest absolute Gasteiger partial charge is 0.443 e. The Morgan fingerprint density at radius 2 is 1.97 bits per heavy atom. The number of aliphatic hydroxyl groups excluding tert-OH is 1. The molecule has 32 heavy (non-hydrogen) atoms. The molecular formula is C22H32N6O4. The van der Waals surface area contributed by atoms with E-state index in [1.165, 1.54) is 11.3 Å². The Bertz CT molecular complexity index is 940. The number of benzene rings is 1. The number of β-amino-alcohol motifs (C(OH)–C–C–N with tert-alkyl or cyclic N) is 1. The molecule has 0 radical (unpaired) electrons. The second-order valence-electron chi connectivity index (χ2n) is 8.26. The van der Waals surface area contributed by atoms with E-state index < -0.39 is 29.8 Å². The fourth-order valence-corrected chi connectivity index (χ4v) is 3.83. The van der Waals surface area contributed by atoms with Gasteiger partial charge in [-0.3, -0.25) is 9.59 Å². The fourth-order valence-electron chi connectivity index (χ4n) is 3.83. The lowest BCUT2D eigenvalue weighted by Gasteiger charge is -2.37. The summed E-state index contributed by atoms with van der Waals surface area (Å²) >= 11 is 0. The maximum absolute atomic E-state index is 13.0.